The molecular weight excluding hydrogens is 421 g/mol. The number of esters is 2. The van der Waals surface area contributed by atoms with Gasteiger partial charge in [0.25, 0.3) is 5.91 Å². The first-order valence-corrected chi connectivity index (χ1v) is 9.58. The number of nitrogens with one attached hydrogen (secondary N) is 1. The molecule has 9 nitrogen and oxygen atoms in total. The summed E-state index contributed by atoms with van der Waals surface area (Å²) in [7, 11) is 1.26. The van der Waals surface area contributed by atoms with Crippen molar-refractivity contribution < 1.29 is 32.8 Å². The van der Waals surface area contributed by atoms with Crippen LogP contribution in [-0.4, -0.2) is 41.7 Å². The van der Waals surface area contributed by atoms with E-state index < -0.39 is 24.5 Å². The van der Waals surface area contributed by atoms with Crippen LogP contribution in [0.2, 0.25) is 0 Å². The van der Waals surface area contributed by atoms with Crippen LogP contribution in [-0.2, 0) is 25.5 Å². The second kappa shape index (κ2) is 10.3. The summed E-state index contributed by atoms with van der Waals surface area (Å²) < 4.78 is 27.7. The number of hydrogen-bond donors (Lipinski definition) is 1. The van der Waals surface area contributed by atoms with Crippen LogP contribution in [0.5, 0.6) is 0 Å². The minimum absolute atomic E-state index is 0.0742. The van der Waals surface area contributed by atoms with Crippen molar-refractivity contribution >= 4 is 23.5 Å². The smallest absolute Gasteiger partial charge is 0.337 e. The van der Waals surface area contributed by atoms with Gasteiger partial charge in [0.1, 0.15) is 5.82 Å². The number of rotatable bonds is 8. The topological polar surface area (TPSA) is 121 Å². The van der Waals surface area contributed by atoms with E-state index in [0.717, 1.165) is 5.56 Å². The third-order valence-electron chi connectivity index (χ3n) is 4.41. The Morgan fingerprint density at radius 2 is 1.88 bits per heavy atom. The van der Waals surface area contributed by atoms with Gasteiger partial charge in [-0.15, -0.1) is 0 Å². The summed E-state index contributed by atoms with van der Waals surface area (Å²) >= 11 is 0. The number of aryl methyl sites for hydroxylation is 2. The van der Waals surface area contributed by atoms with E-state index in [1.165, 1.54) is 37.4 Å². The predicted molar refractivity (Wildman–Crippen MR) is 110 cm³/mol. The molecule has 2 aromatic carbocycles. The minimum Gasteiger partial charge on any atom is -0.465 e. The predicted octanol–water partition coefficient (Wildman–Crippen LogP) is 3.09. The molecule has 0 unspecified atom stereocenters. The molecule has 0 atom stereocenters. The normalized spacial score (nSPS) is 10.5. The molecule has 1 heterocycles. The van der Waals surface area contributed by atoms with Crippen molar-refractivity contribution in [2.24, 2.45) is 0 Å². The maximum absolute atomic E-state index is 13.0. The quantitative estimate of drug-likeness (QED) is 0.530. The number of halogens is 1. The second-order valence-corrected chi connectivity index (χ2v) is 6.75. The van der Waals surface area contributed by atoms with E-state index in [9.17, 15) is 18.8 Å². The average Bonchev–Trinajstić information content (AvgIpc) is 3.26. The van der Waals surface area contributed by atoms with Gasteiger partial charge in [0, 0.05) is 17.7 Å². The number of carbonyl (C=O) groups excluding carboxylic acids is 3. The Morgan fingerprint density at radius 1 is 1.12 bits per heavy atom. The van der Waals surface area contributed by atoms with Gasteiger partial charge in [-0.1, -0.05) is 11.2 Å². The number of carbonyl (C=O) groups is 3. The van der Waals surface area contributed by atoms with Crippen molar-refractivity contribution in [1.82, 2.24) is 10.1 Å². The Labute approximate surface area is 182 Å². The molecule has 3 aromatic rings. The summed E-state index contributed by atoms with van der Waals surface area (Å²) in [5.41, 5.74) is 2.00. The summed E-state index contributed by atoms with van der Waals surface area (Å²) in [5, 5.41) is 6.38. The number of benzene rings is 2. The van der Waals surface area contributed by atoms with E-state index >= 15 is 0 Å². The van der Waals surface area contributed by atoms with E-state index in [2.05, 4.69) is 20.2 Å². The fourth-order valence-electron chi connectivity index (χ4n) is 2.69. The summed E-state index contributed by atoms with van der Waals surface area (Å²) in [6.07, 6.45) is 0.0457. The average molecular weight is 441 g/mol. The molecule has 32 heavy (non-hydrogen) atoms. The van der Waals surface area contributed by atoms with E-state index in [1.807, 2.05) is 0 Å². The van der Waals surface area contributed by atoms with Gasteiger partial charge in [0.15, 0.2) is 6.61 Å². The van der Waals surface area contributed by atoms with Gasteiger partial charge in [-0.2, -0.15) is 4.98 Å². The molecule has 0 saturated heterocycles. The fraction of sp³-hybridized carbons (Fsp3) is 0.227. The molecule has 0 bridgehead atoms. The molecule has 0 radical (unpaired) electrons. The summed E-state index contributed by atoms with van der Waals surface area (Å²) in [6.45, 7) is 1.26. The Hall–Kier alpha value is -4.08. The maximum atomic E-state index is 13.0. The second-order valence-electron chi connectivity index (χ2n) is 6.75. The van der Waals surface area contributed by atoms with E-state index in [-0.39, 0.29) is 35.9 Å². The number of ether oxygens (including phenoxy) is 2. The van der Waals surface area contributed by atoms with Crippen LogP contribution in [0.25, 0.3) is 11.4 Å². The first-order valence-electron chi connectivity index (χ1n) is 9.58. The molecule has 1 aromatic heterocycles. The highest BCUT2D eigenvalue weighted by Crippen LogP contribution is 2.18. The zero-order valence-corrected chi connectivity index (χ0v) is 17.4. The molecule has 1 amide bonds. The van der Waals surface area contributed by atoms with Crippen LogP contribution in [0.4, 0.5) is 10.1 Å². The number of nitrogens with zero attached hydrogens (tertiary/aromatic N) is 2. The third kappa shape index (κ3) is 5.97. The minimum atomic E-state index is -0.623. The number of hydrogen-bond acceptors (Lipinski definition) is 8. The largest absolute Gasteiger partial charge is 0.465 e. The first kappa shape index (κ1) is 22.6. The molecule has 166 valence electrons. The molecule has 0 aliphatic rings. The van der Waals surface area contributed by atoms with Crippen LogP contribution in [0, 0.1) is 12.7 Å². The molecule has 0 aliphatic carbocycles. The lowest BCUT2D eigenvalue weighted by Gasteiger charge is -2.10. The molecule has 0 fully saturated rings. The van der Waals surface area contributed by atoms with Crippen LogP contribution in [0.15, 0.2) is 47.0 Å². The number of anilines is 1. The van der Waals surface area contributed by atoms with E-state index in [1.54, 1.807) is 19.1 Å². The van der Waals surface area contributed by atoms with Gasteiger partial charge < -0.3 is 19.3 Å². The highest BCUT2D eigenvalue weighted by Gasteiger charge is 2.14. The lowest BCUT2D eigenvalue weighted by atomic mass is 10.1. The zero-order valence-electron chi connectivity index (χ0n) is 17.4. The van der Waals surface area contributed by atoms with Crippen molar-refractivity contribution in [3.8, 4) is 11.4 Å². The molecule has 0 spiro atoms. The lowest BCUT2D eigenvalue weighted by Crippen LogP contribution is -2.21. The summed E-state index contributed by atoms with van der Waals surface area (Å²) in [4.78, 5) is 39.8. The lowest BCUT2D eigenvalue weighted by molar-refractivity contribution is -0.147. The Kier molecular flexibility index (Phi) is 7.27. The molecule has 1 N–H and O–H groups in total. The molecular formula is C22H20FN3O6. The van der Waals surface area contributed by atoms with Gasteiger partial charge in [-0.25, -0.2) is 9.18 Å². The summed E-state index contributed by atoms with van der Waals surface area (Å²) in [5.74, 6) is -1.61. The van der Waals surface area contributed by atoms with Crippen LogP contribution in [0.1, 0.15) is 28.2 Å². The van der Waals surface area contributed by atoms with Crippen molar-refractivity contribution in [3.05, 3.63) is 65.3 Å². The molecule has 0 saturated carbocycles. The zero-order chi connectivity index (χ0) is 23.1. The first-order chi connectivity index (χ1) is 15.4. The Bertz CT molecular complexity index is 1130. The number of methoxy groups -OCH3 is 1. The summed E-state index contributed by atoms with van der Waals surface area (Å²) in [6, 6.07) is 10.3. The van der Waals surface area contributed by atoms with Crippen LogP contribution < -0.4 is 5.32 Å². The van der Waals surface area contributed by atoms with E-state index in [0.29, 0.717) is 11.3 Å². The fourth-order valence-corrected chi connectivity index (χ4v) is 2.69. The highest BCUT2D eigenvalue weighted by atomic mass is 19.1. The Balaban J connectivity index is 1.47. The standard InChI is InChI=1S/C22H20FN3O6/c1-13-3-4-15(22(29)30-2)11-17(13)24-18(27)12-31-20(28)10-9-19-25-21(26-32-19)14-5-7-16(23)8-6-14/h3-8,11H,9-10,12H2,1-2H3,(H,24,27). The van der Waals surface area contributed by atoms with Gasteiger partial charge in [0.2, 0.25) is 11.7 Å². The maximum Gasteiger partial charge on any atom is 0.337 e. The van der Waals surface area contributed by atoms with Crippen molar-refractivity contribution in [3.63, 3.8) is 0 Å². The molecule has 0 aliphatic heterocycles. The number of amides is 1. The van der Waals surface area contributed by atoms with Gasteiger partial charge in [-0.05, 0) is 48.9 Å². The monoisotopic (exact) mass is 441 g/mol. The molecule has 3 rings (SSSR count). The SMILES string of the molecule is COC(=O)c1ccc(C)c(NC(=O)COC(=O)CCc2nc(-c3ccc(F)cc3)no2)c1. The van der Waals surface area contributed by atoms with Crippen LogP contribution in [0.3, 0.4) is 0 Å². The van der Waals surface area contributed by atoms with Crippen molar-refractivity contribution in [2.45, 2.75) is 19.8 Å². The van der Waals surface area contributed by atoms with Crippen molar-refractivity contribution in [1.29, 1.82) is 0 Å². The highest BCUT2D eigenvalue weighted by molar-refractivity contribution is 5.96. The van der Waals surface area contributed by atoms with Crippen molar-refractivity contribution in [2.75, 3.05) is 19.0 Å². The van der Waals surface area contributed by atoms with E-state index in [4.69, 9.17) is 9.26 Å². The van der Waals surface area contributed by atoms with Gasteiger partial charge >= 0.3 is 11.9 Å². The van der Waals surface area contributed by atoms with Gasteiger partial charge in [-0.3, -0.25) is 9.59 Å². The third-order valence-corrected chi connectivity index (χ3v) is 4.41. The number of aromatic nitrogens is 2. The van der Waals surface area contributed by atoms with Gasteiger partial charge in [0.05, 0.1) is 19.1 Å². The van der Waals surface area contributed by atoms with Crippen LogP contribution >= 0.6 is 0 Å². The molecule has 10 heteroatoms. The Morgan fingerprint density at radius 3 is 2.59 bits per heavy atom.